The van der Waals surface area contributed by atoms with E-state index < -0.39 is 16.7 Å². The third kappa shape index (κ3) is 3.18. The Labute approximate surface area is 133 Å². The van der Waals surface area contributed by atoms with Crippen LogP contribution in [0.1, 0.15) is 28.1 Å². The number of benzene rings is 1. The van der Waals surface area contributed by atoms with Gasteiger partial charge >= 0.3 is 5.88 Å². The lowest BCUT2D eigenvalue weighted by Crippen LogP contribution is -2.25. The van der Waals surface area contributed by atoms with Crippen molar-refractivity contribution in [1.82, 2.24) is 5.32 Å². The lowest BCUT2D eigenvalue weighted by atomic mass is 9.99. The summed E-state index contributed by atoms with van der Waals surface area (Å²) < 4.78 is 4.88. The molecule has 1 aromatic heterocycles. The predicted octanol–water partition coefficient (Wildman–Crippen LogP) is 2.50. The van der Waals surface area contributed by atoms with E-state index in [1.807, 2.05) is 6.07 Å². The summed E-state index contributed by atoms with van der Waals surface area (Å²) in [5.41, 5.74) is 3.50. The Morgan fingerprint density at radius 1 is 1.39 bits per heavy atom. The molecule has 2 aromatic rings. The number of nitro groups is 1. The minimum atomic E-state index is -0.670. The average molecular weight is 315 g/mol. The summed E-state index contributed by atoms with van der Waals surface area (Å²) in [5, 5.41) is 13.3. The van der Waals surface area contributed by atoms with Crippen molar-refractivity contribution in [2.24, 2.45) is 0 Å². The second-order valence-corrected chi connectivity index (χ2v) is 5.57. The Morgan fingerprint density at radius 3 is 2.96 bits per heavy atom. The van der Waals surface area contributed by atoms with Gasteiger partial charge in [-0.1, -0.05) is 12.1 Å². The molecule has 120 valence electrons. The summed E-state index contributed by atoms with van der Waals surface area (Å²) in [5.74, 6) is -0.964. The van der Waals surface area contributed by atoms with Crippen molar-refractivity contribution < 1.29 is 14.1 Å². The van der Waals surface area contributed by atoms with Gasteiger partial charge in [-0.05, 0) is 36.1 Å². The minimum Gasteiger partial charge on any atom is -0.395 e. The summed E-state index contributed by atoms with van der Waals surface area (Å²) in [6.07, 6.45) is 2.15. The molecule has 23 heavy (non-hydrogen) atoms. The highest BCUT2D eigenvalue weighted by Gasteiger charge is 2.17. The number of anilines is 1. The summed E-state index contributed by atoms with van der Waals surface area (Å²) >= 11 is 0. The van der Waals surface area contributed by atoms with Crippen LogP contribution in [0.5, 0.6) is 0 Å². The van der Waals surface area contributed by atoms with Gasteiger partial charge in [0.1, 0.15) is 4.92 Å². The maximum absolute atomic E-state index is 12.0. The van der Waals surface area contributed by atoms with Crippen LogP contribution in [-0.2, 0) is 13.0 Å². The van der Waals surface area contributed by atoms with Crippen LogP contribution in [0.2, 0.25) is 0 Å². The van der Waals surface area contributed by atoms with Crippen molar-refractivity contribution in [3.63, 3.8) is 0 Å². The smallest absolute Gasteiger partial charge is 0.395 e. The van der Waals surface area contributed by atoms with Crippen molar-refractivity contribution in [2.45, 2.75) is 19.4 Å². The van der Waals surface area contributed by atoms with Gasteiger partial charge < -0.3 is 14.6 Å². The van der Waals surface area contributed by atoms with E-state index in [0.29, 0.717) is 6.54 Å². The molecule has 7 nitrogen and oxygen atoms in total. The topological polar surface area (TPSA) is 88.6 Å². The fraction of sp³-hybridized carbons (Fsp3) is 0.312. The minimum absolute atomic E-state index is 0.0607. The number of fused-ring (bicyclic) bond motifs is 1. The first-order valence-corrected chi connectivity index (χ1v) is 7.40. The fourth-order valence-electron chi connectivity index (χ4n) is 2.77. The molecule has 1 aliphatic rings. The van der Waals surface area contributed by atoms with Crippen LogP contribution in [-0.4, -0.2) is 24.4 Å². The normalized spacial score (nSPS) is 13.5. The van der Waals surface area contributed by atoms with Crippen molar-refractivity contribution in [1.29, 1.82) is 0 Å². The molecular formula is C16H17N3O4. The molecule has 0 saturated heterocycles. The van der Waals surface area contributed by atoms with Gasteiger partial charge in [0.25, 0.3) is 5.91 Å². The summed E-state index contributed by atoms with van der Waals surface area (Å²) in [6, 6.07) is 8.61. The molecule has 0 unspecified atom stereocenters. The molecule has 1 aliphatic heterocycles. The van der Waals surface area contributed by atoms with E-state index in [0.717, 1.165) is 24.9 Å². The van der Waals surface area contributed by atoms with E-state index in [2.05, 4.69) is 29.4 Å². The van der Waals surface area contributed by atoms with E-state index in [4.69, 9.17) is 4.42 Å². The van der Waals surface area contributed by atoms with Crippen LogP contribution in [0.3, 0.4) is 0 Å². The summed E-state index contributed by atoms with van der Waals surface area (Å²) in [6.45, 7) is 1.41. The van der Waals surface area contributed by atoms with Crippen LogP contribution in [0.25, 0.3) is 0 Å². The molecule has 0 bridgehead atoms. The fourth-order valence-corrected chi connectivity index (χ4v) is 2.77. The maximum Gasteiger partial charge on any atom is 0.433 e. The summed E-state index contributed by atoms with van der Waals surface area (Å²) in [4.78, 5) is 24.1. The molecular weight excluding hydrogens is 298 g/mol. The first-order chi connectivity index (χ1) is 11.0. The Morgan fingerprint density at radius 2 is 2.22 bits per heavy atom. The van der Waals surface area contributed by atoms with Crippen LogP contribution in [0.4, 0.5) is 11.6 Å². The van der Waals surface area contributed by atoms with Crippen molar-refractivity contribution >= 4 is 17.5 Å². The van der Waals surface area contributed by atoms with Gasteiger partial charge in [-0.2, -0.15) is 0 Å². The number of hydrogen-bond acceptors (Lipinski definition) is 5. The number of aryl methyl sites for hydroxylation is 1. The van der Waals surface area contributed by atoms with Gasteiger partial charge in [0.15, 0.2) is 5.76 Å². The summed E-state index contributed by atoms with van der Waals surface area (Å²) in [7, 11) is 2.07. The van der Waals surface area contributed by atoms with Crippen LogP contribution < -0.4 is 10.2 Å². The Bertz CT molecular complexity index is 754. The zero-order valence-electron chi connectivity index (χ0n) is 12.7. The number of furan rings is 1. The molecule has 1 amide bonds. The molecule has 1 aromatic carbocycles. The average Bonchev–Trinajstić information content (AvgIpc) is 3.03. The lowest BCUT2D eigenvalue weighted by Gasteiger charge is -2.27. The van der Waals surface area contributed by atoms with Crippen LogP contribution in [0, 0.1) is 10.1 Å². The standard InChI is InChI=1S/C16H17N3O4/c1-18-8-2-3-12-9-11(4-5-13(12)18)10-17-16(20)14-6-7-15(23-14)19(21)22/h4-7,9H,2-3,8,10H2,1H3,(H,17,20). The van der Waals surface area contributed by atoms with Gasteiger partial charge in [-0.15, -0.1) is 0 Å². The Kier molecular flexibility index (Phi) is 4.01. The first-order valence-electron chi connectivity index (χ1n) is 7.40. The van der Waals surface area contributed by atoms with E-state index in [-0.39, 0.29) is 5.76 Å². The largest absolute Gasteiger partial charge is 0.433 e. The van der Waals surface area contributed by atoms with E-state index in [9.17, 15) is 14.9 Å². The van der Waals surface area contributed by atoms with Crippen molar-refractivity contribution in [2.75, 3.05) is 18.5 Å². The van der Waals surface area contributed by atoms with Gasteiger partial charge in [0, 0.05) is 25.8 Å². The van der Waals surface area contributed by atoms with Crippen LogP contribution in [0.15, 0.2) is 34.7 Å². The van der Waals surface area contributed by atoms with E-state index in [1.54, 1.807) is 0 Å². The second kappa shape index (κ2) is 6.12. The lowest BCUT2D eigenvalue weighted by molar-refractivity contribution is -0.402. The molecule has 0 atom stereocenters. The van der Waals surface area contributed by atoms with Gasteiger partial charge in [-0.3, -0.25) is 14.9 Å². The quantitative estimate of drug-likeness (QED) is 0.691. The molecule has 3 rings (SSSR count). The number of amides is 1. The third-order valence-electron chi connectivity index (χ3n) is 3.94. The van der Waals surface area contributed by atoms with Crippen LogP contribution >= 0.6 is 0 Å². The highest BCUT2D eigenvalue weighted by molar-refractivity contribution is 5.91. The molecule has 7 heteroatoms. The van der Waals surface area contributed by atoms with Gasteiger partial charge in [-0.25, -0.2) is 0 Å². The highest BCUT2D eigenvalue weighted by atomic mass is 16.6. The Hall–Kier alpha value is -2.83. The number of nitrogens with one attached hydrogen (secondary N) is 1. The molecule has 0 fully saturated rings. The maximum atomic E-state index is 12.0. The van der Waals surface area contributed by atoms with E-state index in [1.165, 1.54) is 23.4 Å². The van der Waals surface area contributed by atoms with Crippen molar-refractivity contribution in [3.8, 4) is 0 Å². The first kappa shape index (κ1) is 15.1. The van der Waals surface area contributed by atoms with Gasteiger partial charge in [0.05, 0.1) is 6.07 Å². The molecule has 0 spiro atoms. The highest BCUT2D eigenvalue weighted by Crippen LogP contribution is 2.26. The predicted molar refractivity (Wildman–Crippen MR) is 84.6 cm³/mol. The number of rotatable bonds is 4. The molecule has 2 heterocycles. The molecule has 0 aliphatic carbocycles. The molecule has 1 N–H and O–H groups in total. The van der Waals surface area contributed by atoms with Gasteiger partial charge in [0.2, 0.25) is 0 Å². The number of carbonyl (C=O) groups is 1. The zero-order valence-corrected chi connectivity index (χ0v) is 12.7. The molecule has 0 radical (unpaired) electrons. The Balaban J connectivity index is 1.66. The number of carbonyl (C=O) groups excluding carboxylic acids is 1. The second-order valence-electron chi connectivity index (χ2n) is 5.57. The SMILES string of the molecule is CN1CCCc2cc(CNC(=O)c3ccc([N+](=O)[O-])o3)ccc21. The molecule has 0 saturated carbocycles. The monoisotopic (exact) mass is 315 g/mol. The number of nitrogens with zero attached hydrogens (tertiary/aromatic N) is 2. The number of hydrogen-bond donors (Lipinski definition) is 1. The van der Waals surface area contributed by atoms with Crippen molar-refractivity contribution in [3.05, 3.63) is 57.3 Å². The third-order valence-corrected chi connectivity index (χ3v) is 3.94. The zero-order chi connectivity index (χ0) is 16.4. The van der Waals surface area contributed by atoms with E-state index >= 15 is 0 Å².